The van der Waals surface area contributed by atoms with Gasteiger partial charge in [-0.15, -0.1) is 0 Å². The van der Waals surface area contributed by atoms with Crippen LogP contribution in [0.5, 0.6) is 5.75 Å². The van der Waals surface area contributed by atoms with E-state index < -0.39 is 12.1 Å². The third kappa shape index (κ3) is 2.96. The molecule has 0 heterocycles. The van der Waals surface area contributed by atoms with E-state index in [1.54, 1.807) is 25.1 Å². The van der Waals surface area contributed by atoms with Crippen LogP contribution in [0.4, 0.5) is 0 Å². The van der Waals surface area contributed by atoms with Crippen molar-refractivity contribution < 1.29 is 19.4 Å². The van der Waals surface area contributed by atoms with Gasteiger partial charge in [0.25, 0.3) is 0 Å². The smallest absolute Gasteiger partial charge is 0.337 e. The molecule has 0 spiro atoms. The summed E-state index contributed by atoms with van der Waals surface area (Å²) in [6.45, 7) is 2.08. The zero-order valence-corrected chi connectivity index (χ0v) is 10.7. The average molecular weight is 289 g/mol. The Labute approximate surface area is 102 Å². The minimum atomic E-state index is -1.03. The molecule has 1 N–H and O–H groups in total. The van der Waals surface area contributed by atoms with E-state index in [9.17, 15) is 4.79 Å². The van der Waals surface area contributed by atoms with Crippen LogP contribution in [-0.4, -0.2) is 24.8 Å². The van der Waals surface area contributed by atoms with Gasteiger partial charge < -0.3 is 14.6 Å². The number of benzene rings is 1. The van der Waals surface area contributed by atoms with Crippen LogP contribution in [-0.2, 0) is 9.53 Å². The minimum Gasteiger partial charge on any atom is -0.496 e. The number of ether oxygens (including phenoxy) is 2. The lowest BCUT2D eigenvalue weighted by Crippen LogP contribution is -2.16. The summed E-state index contributed by atoms with van der Waals surface area (Å²) in [7, 11) is 1.50. The van der Waals surface area contributed by atoms with Gasteiger partial charge in [0.2, 0.25) is 0 Å². The van der Waals surface area contributed by atoms with Crippen molar-refractivity contribution in [3.63, 3.8) is 0 Å². The number of carboxylic acids is 1. The first-order valence-electron chi connectivity index (χ1n) is 4.78. The Kier molecular flexibility index (Phi) is 4.76. The molecule has 1 unspecified atom stereocenters. The summed E-state index contributed by atoms with van der Waals surface area (Å²) in [5.74, 6) is -0.526. The van der Waals surface area contributed by atoms with Crippen molar-refractivity contribution in [1.82, 2.24) is 0 Å². The second-order valence-corrected chi connectivity index (χ2v) is 3.98. The molecule has 0 saturated carbocycles. The Balaban J connectivity index is 3.15. The Hall–Kier alpha value is -1.07. The highest BCUT2D eigenvalue weighted by Crippen LogP contribution is 2.30. The highest BCUT2D eigenvalue weighted by Gasteiger charge is 2.23. The number of methoxy groups -OCH3 is 1. The zero-order chi connectivity index (χ0) is 12.1. The number of rotatable bonds is 5. The van der Waals surface area contributed by atoms with Crippen LogP contribution < -0.4 is 4.74 Å². The summed E-state index contributed by atoms with van der Waals surface area (Å²) in [4.78, 5) is 11.1. The normalized spacial score (nSPS) is 12.2. The van der Waals surface area contributed by atoms with Crippen molar-refractivity contribution in [3.8, 4) is 5.75 Å². The van der Waals surface area contributed by atoms with Gasteiger partial charge in [-0.25, -0.2) is 4.79 Å². The van der Waals surface area contributed by atoms with Crippen LogP contribution in [0.15, 0.2) is 22.7 Å². The molecule has 1 aromatic rings. The van der Waals surface area contributed by atoms with Crippen LogP contribution >= 0.6 is 15.9 Å². The first kappa shape index (κ1) is 13.0. The number of hydrogen-bond acceptors (Lipinski definition) is 3. The molecule has 88 valence electrons. The van der Waals surface area contributed by atoms with Crippen LogP contribution in [0.2, 0.25) is 0 Å². The Morgan fingerprint density at radius 3 is 2.75 bits per heavy atom. The Bertz CT molecular complexity index is 378. The van der Waals surface area contributed by atoms with Crippen LogP contribution in [0.1, 0.15) is 18.6 Å². The highest BCUT2D eigenvalue weighted by molar-refractivity contribution is 9.10. The number of carboxylic acid groups (broad SMARTS) is 1. The lowest BCUT2D eigenvalue weighted by Gasteiger charge is -2.16. The minimum absolute atomic E-state index is 0.326. The molecule has 0 aliphatic rings. The third-order valence-electron chi connectivity index (χ3n) is 2.03. The van der Waals surface area contributed by atoms with Crippen molar-refractivity contribution in [2.24, 2.45) is 0 Å². The molecule has 0 bridgehead atoms. The summed E-state index contributed by atoms with van der Waals surface area (Å²) in [5, 5.41) is 9.07. The van der Waals surface area contributed by atoms with Crippen LogP contribution in [0.25, 0.3) is 0 Å². The van der Waals surface area contributed by atoms with E-state index in [1.165, 1.54) is 7.11 Å². The largest absolute Gasteiger partial charge is 0.496 e. The molecule has 1 rings (SSSR count). The summed E-state index contributed by atoms with van der Waals surface area (Å²) >= 11 is 3.29. The molecule has 0 radical (unpaired) electrons. The molecular weight excluding hydrogens is 276 g/mol. The van der Waals surface area contributed by atoms with Gasteiger partial charge in [-0.05, 0) is 25.1 Å². The van der Waals surface area contributed by atoms with Crippen LogP contribution in [0, 0.1) is 0 Å². The van der Waals surface area contributed by atoms with Crippen molar-refractivity contribution in [3.05, 3.63) is 28.2 Å². The number of aliphatic carboxylic acids is 1. The standard InChI is InChI=1S/C11H13BrO4/c1-3-16-10(11(13)14)8-6-7(12)4-5-9(8)15-2/h4-6,10H,3H2,1-2H3,(H,13,14). The van der Waals surface area contributed by atoms with E-state index in [2.05, 4.69) is 15.9 Å². The maximum absolute atomic E-state index is 11.1. The predicted octanol–water partition coefficient (Wildman–Crippen LogP) is 2.62. The molecule has 0 aliphatic carbocycles. The second-order valence-electron chi connectivity index (χ2n) is 3.06. The van der Waals surface area contributed by atoms with Gasteiger partial charge in [0.05, 0.1) is 7.11 Å². The van der Waals surface area contributed by atoms with Gasteiger partial charge >= 0.3 is 5.97 Å². The van der Waals surface area contributed by atoms with E-state index in [1.807, 2.05) is 0 Å². The molecule has 0 saturated heterocycles. The second kappa shape index (κ2) is 5.86. The van der Waals surface area contributed by atoms with E-state index in [4.69, 9.17) is 14.6 Å². The zero-order valence-electron chi connectivity index (χ0n) is 9.07. The molecular formula is C11H13BrO4. The average Bonchev–Trinajstić information content (AvgIpc) is 2.25. The van der Waals surface area contributed by atoms with E-state index in [0.717, 1.165) is 4.47 Å². The fraction of sp³-hybridized carbons (Fsp3) is 0.364. The van der Waals surface area contributed by atoms with E-state index in [-0.39, 0.29) is 0 Å². The number of carbonyl (C=O) groups is 1. The fourth-order valence-electron chi connectivity index (χ4n) is 1.37. The quantitative estimate of drug-likeness (QED) is 0.905. The fourth-order valence-corrected chi connectivity index (χ4v) is 1.75. The van der Waals surface area contributed by atoms with Gasteiger partial charge in [0.1, 0.15) is 5.75 Å². The number of hydrogen-bond donors (Lipinski definition) is 1. The SMILES string of the molecule is CCOC(C(=O)O)c1cc(Br)ccc1OC. The summed E-state index contributed by atoms with van der Waals surface area (Å²) < 4.78 is 11.1. The molecule has 0 aliphatic heterocycles. The number of halogens is 1. The van der Waals surface area contributed by atoms with Gasteiger partial charge in [0.15, 0.2) is 6.10 Å². The first-order valence-corrected chi connectivity index (χ1v) is 5.57. The van der Waals surface area contributed by atoms with Crippen molar-refractivity contribution in [1.29, 1.82) is 0 Å². The molecule has 4 nitrogen and oxygen atoms in total. The van der Waals surface area contributed by atoms with Gasteiger partial charge in [-0.3, -0.25) is 0 Å². The van der Waals surface area contributed by atoms with Crippen molar-refractivity contribution >= 4 is 21.9 Å². The van der Waals surface area contributed by atoms with E-state index >= 15 is 0 Å². The highest BCUT2D eigenvalue weighted by atomic mass is 79.9. The molecule has 16 heavy (non-hydrogen) atoms. The van der Waals surface area contributed by atoms with Crippen molar-refractivity contribution in [2.45, 2.75) is 13.0 Å². The summed E-state index contributed by atoms with van der Waals surface area (Å²) in [6, 6.07) is 5.18. The first-order chi connectivity index (χ1) is 7.60. The van der Waals surface area contributed by atoms with Gasteiger partial charge in [-0.1, -0.05) is 15.9 Å². The predicted molar refractivity (Wildman–Crippen MR) is 62.7 cm³/mol. The van der Waals surface area contributed by atoms with Gasteiger partial charge in [0, 0.05) is 16.6 Å². The molecule has 1 atom stereocenters. The molecule has 5 heteroatoms. The third-order valence-corrected chi connectivity index (χ3v) is 2.53. The molecule has 0 aromatic heterocycles. The molecule has 0 amide bonds. The Morgan fingerprint density at radius 1 is 1.56 bits per heavy atom. The summed E-state index contributed by atoms with van der Waals surface area (Å²) in [5.41, 5.74) is 0.506. The maximum atomic E-state index is 11.1. The monoisotopic (exact) mass is 288 g/mol. The maximum Gasteiger partial charge on any atom is 0.337 e. The van der Waals surface area contributed by atoms with E-state index in [0.29, 0.717) is 17.9 Å². The lowest BCUT2D eigenvalue weighted by molar-refractivity contribution is -0.150. The lowest BCUT2D eigenvalue weighted by atomic mass is 10.1. The Morgan fingerprint density at radius 2 is 2.25 bits per heavy atom. The molecule has 0 fully saturated rings. The van der Waals surface area contributed by atoms with Gasteiger partial charge in [-0.2, -0.15) is 0 Å². The topological polar surface area (TPSA) is 55.8 Å². The van der Waals surface area contributed by atoms with Crippen molar-refractivity contribution in [2.75, 3.05) is 13.7 Å². The molecule has 1 aromatic carbocycles. The van der Waals surface area contributed by atoms with Crippen LogP contribution in [0.3, 0.4) is 0 Å². The summed E-state index contributed by atoms with van der Waals surface area (Å²) in [6.07, 6.45) is -1.00.